The fourth-order valence-electron chi connectivity index (χ4n) is 1.98. The van der Waals surface area contributed by atoms with E-state index in [0.29, 0.717) is 0 Å². The molecule has 0 amide bonds. The molecular formula is C13H15BrN2S. The van der Waals surface area contributed by atoms with Gasteiger partial charge in [0.1, 0.15) is 0 Å². The molecule has 0 aliphatic rings. The summed E-state index contributed by atoms with van der Waals surface area (Å²) in [6.45, 7) is 2.16. The Kier molecular flexibility index (Phi) is 4.34. The summed E-state index contributed by atoms with van der Waals surface area (Å²) in [5, 5.41) is 4.20. The molecule has 2 rings (SSSR count). The fourth-order valence-corrected chi connectivity index (χ4v) is 3.53. The van der Waals surface area contributed by atoms with Crippen LogP contribution in [0.3, 0.4) is 0 Å². The summed E-state index contributed by atoms with van der Waals surface area (Å²) in [5.41, 5.74) is 6.68. The SMILES string of the molecule is CCc1ccccc1C(NN)c1cscc1Br. The Hall–Kier alpha value is -0.680. The van der Waals surface area contributed by atoms with Crippen molar-refractivity contribution in [2.75, 3.05) is 0 Å². The van der Waals surface area contributed by atoms with Crippen LogP contribution >= 0.6 is 27.3 Å². The molecule has 0 bridgehead atoms. The number of thiophene rings is 1. The van der Waals surface area contributed by atoms with Crippen LogP contribution in [0.5, 0.6) is 0 Å². The predicted octanol–water partition coefficient (Wildman–Crippen LogP) is 3.63. The molecule has 0 spiro atoms. The van der Waals surface area contributed by atoms with Crippen molar-refractivity contribution in [1.82, 2.24) is 5.43 Å². The zero-order valence-corrected chi connectivity index (χ0v) is 12.0. The molecule has 0 radical (unpaired) electrons. The topological polar surface area (TPSA) is 38.0 Å². The van der Waals surface area contributed by atoms with Crippen molar-refractivity contribution >= 4 is 27.3 Å². The molecule has 1 unspecified atom stereocenters. The molecule has 2 aromatic rings. The van der Waals surface area contributed by atoms with Crippen LogP contribution in [0.15, 0.2) is 39.5 Å². The predicted molar refractivity (Wildman–Crippen MR) is 77.0 cm³/mol. The third kappa shape index (κ3) is 2.60. The summed E-state index contributed by atoms with van der Waals surface area (Å²) in [7, 11) is 0. The Labute approximate surface area is 114 Å². The maximum absolute atomic E-state index is 5.72. The summed E-state index contributed by atoms with van der Waals surface area (Å²) >= 11 is 5.24. The molecule has 1 atom stereocenters. The lowest BCUT2D eigenvalue weighted by atomic mass is 9.95. The molecule has 3 N–H and O–H groups in total. The highest BCUT2D eigenvalue weighted by Crippen LogP contribution is 2.32. The lowest BCUT2D eigenvalue weighted by Crippen LogP contribution is -2.29. The number of hydrogen-bond acceptors (Lipinski definition) is 3. The van der Waals surface area contributed by atoms with Crippen LogP contribution in [-0.2, 0) is 6.42 Å². The molecule has 90 valence electrons. The fraction of sp³-hybridized carbons (Fsp3) is 0.231. The van der Waals surface area contributed by atoms with Gasteiger partial charge in [-0.3, -0.25) is 5.84 Å². The Morgan fingerprint density at radius 1 is 1.29 bits per heavy atom. The van der Waals surface area contributed by atoms with E-state index in [1.165, 1.54) is 16.7 Å². The number of hydrogen-bond donors (Lipinski definition) is 2. The minimum absolute atomic E-state index is 0.0479. The van der Waals surface area contributed by atoms with E-state index < -0.39 is 0 Å². The third-order valence-electron chi connectivity index (χ3n) is 2.87. The highest BCUT2D eigenvalue weighted by Gasteiger charge is 2.18. The number of halogens is 1. The van der Waals surface area contributed by atoms with Crippen LogP contribution in [0, 0.1) is 0 Å². The van der Waals surface area contributed by atoms with Crippen LogP contribution < -0.4 is 11.3 Å². The number of nitrogens with two attached hydrogens (primary N) is 1. The average molecular weight is 311 g/mol. The molecule has 2 nitrogen and oxygen atoms in total. The average Bonchev–Trinajstić information content (AvgIpc) is 2.78. The Bertz CT molecular complexity index is 496. The maximum atomic E-state index is 5.72. The summed E-state index contributed by atoms with van der Waals surface area (Å²) in [6, 6.07) is 8.46. The second-order valence-electron chi connectivity index (χ2n) is 3.83. The highest BCUT2D eigenvalue weighted by molar-refractivity contribution is 9.10. The molecule has 4 heteroatoms. The van der Waals surface area contributed by atoms with Crippen LogP contribution in [-0.4, -0.2) is 0 Å². The van der Waals surface area contributed by atoms with E-state index in [4.69, 9.17) is 5.84 Å². The van der Waals surface area contributed by atoms with Gasteiger partial charge in [0, 0.05) is 9.85 Å². The smallest absolute Gasteiger partial charge is 0.0731 e. The number of aryl methyl sites for hydroxylation is 1. The van der Waals surface area contributed by atoms with Gasteiger partial charge in [-0.05, 0) is 44.4 Å². The van der Waals surface area contributed by atoms with Crippen LogP contribution in [0.2, 0.25) is 0 Å². The van der Waals surface area contributed by atoms with Gasteiger partial charge in [-0.15, -0.1) is 0 Å². The van der Waals surface area contributed by atoms with Gasteiger partial charge in [-0.25, -0.2) is 5.43 Å². The largest absolute Gasteiger partial charge is 0.271 e. The Morgan fingerprint density at radius 2 is 2.06 bits per heavy atom. The summed E-state index contributed by atoms with van der Waals surface area (Å²) in [5.74, 6) is 5.72. The number of nitrogens with one attached hydrogen (secondary N) is 1. The van der Waals surface area contributed by atoms with Crippen LogP contribution in [0.25, 0.3) is 0 Å². The molecule has 0 saturated heterocycles. The Morgan fingerprint density at radius 3 is 2.65 bits per heavy atom. The van der Waals surface area contributed by atoms with Crippen molar-refractivity contribution in [3.8, 4) is 0 Å². The van der Waals surface area contributed by atoms with E-state index in [1.54, 1.807) is 11.3 Å². The van der Waals surface area contributed by atoms with Crippen LogP contribution in [0.1, 0.15) is 29.7 Å². The van der Waals surface area contributed by atoms with E-state index in [1.807, 2.05) is 0 Å². The molecule has 1 heterocycles. The van der Waals surface area contributed by atoms with Gasteiger partial charge in [-0.2, -0.15) is 11.3 Å². The number of benzene rings is 1. The summed E-state index contributed by atoms with van der Waals surface area (Å²) in [6.07, 6.45) is 1.01. The maximum Gasteiger partial charge on any atom is 0.0731 e. The van der Waals surface area contributed by atoms with Crippen molar-refractivity contribution < 1.29 is 0 Å². The summed E-state index contributed by atoms with van der Waals surface area (Å²) in [4.78, 5) is 0. The second kappa shape index (κ2) is 5.78. The standard InChI is InChI=1S/C13H15BrN2S/c1-2-9-5-3-4-6-10(9)13(16-15)11-7-17-8-12(11)14/h3-8,13,16H,2,15H2,1H3. The minimum atomic E-state index is 0.0479. The number of hydrazine groups is 1. The van der Waals surface area contributed by atoms with E-state index in [2.05, 4.69) is 63.3 Å². The van der Waals surface area contributed by atoms with E-state index in [0.717, 1.165) is 10.9 Å². The highest BCUT2D eigenvalue weighted by atomic mass is 79.9. The molecule has 1 aromatic heterocycles. The van der Waals surface area contributed by atoms with Gasteiger partial charge in [0.05, 0.1) is 6.04 Å². The second-order valence-corrected chi connectivity index (χ2v) is 5.43. The monoisotopic (exact) mass is 310 g/mol. The van der Waals surface area contributed by atoms with E-state index in [9.17, 15) is 0 Å². The van der Waals surface area contributed by atoms with Gasteiger partial charge < -0.3 is 0 Å². The third-order valence-corrected chi connectivity index (χ3v) is 4.62. The molecule has 1 aromatic carbocycles. The first-order chi connectivity index (χ1) is 8.27. The van der Waals surface area contributed by atoms with Crippen molar-refractivity contribution in [3.05, 3.63) is 56.2 Å². The lowest BCUT2D eigenvalue weighted by Gasteiger charge is -2.19. The Balaban J connectivity index is 2.46. The molecular weight excluding hydrogens is 296 g/mol. The minimum Gasteiger partial charge on any atom is -0.271 e. The number of rotatable bonds is 4. The first-order valence-electron chi connectivity index (χ1n) is 5.53. The molecule has 0 fully saturated rings. The normalized spacial score (nSPS) is 12.6. The zero-order valence-electron chi connectivity index (χ0n) is 9.61. The first-order valence-corrected chi connectivity index (χ1v) is 7.27. The quantitative estimate of drug-likeness (QED) is 0.668. The van der Waals surface area contributed by atoms with Gasteiger partial charge in [0.15, 0.2) is 0 Å². The molecule has 17 heavy (non-hydrogen) atoms. The van der Waals surface area contributed by atoms with Crippen molar-refractivity contribution in [2.24, 2.45) is 5.84 Å². The zero-order chi connectivity index (χ0) is 12.3. The molecule has 0 aliphatic heterocycles. The van der Waals surface area contributed by atoms with Crippen molar-refractivity contribution in [1.29, 1.82) is 0 Å². The lowest BCUT2D eigenvalue weighted by molar-refractivity contribution is 0.631. The van der Waals surface area contributed by atoms with Gasteiger partial charge in [0.25, 0.3) is 0 Å². The van der Waals surface area contributed by atoms with Crippen LogP contribution in [0.4, 0.5) is 0 Å². The van der Waals surface area contributed by atoms with Crippen molar-refractivity contribution in [2.45, 2.75) is 19.4 Å². The van der Waals surface area contributed by atoms with E-state index in [-0.39, 0.29) is 6.04 Å². The first kappa shape index (κ1) is 12.8. The molecule has 0 saturated carbocycles. The van der Waals surface area contributed by atoms with Gasteiger partial charge >= 0.3 is 0 Å². The van der Waals surface area contributed by atoms with Crippen molar-refractivity contribution in [3.63, 3.8) is 0 Å². The van der Waals surface area contributed by atoms with E-state index >= 15 is 0 Å². The van der Waals surface area contributed by atoms with Gasteiger partial charge in [0.2, 0.25) is 0 Å². The summed E-state index contributed by atoms with van der Waals surface area (Å²) < 4.78 is 1.11. The molecule has 0 aliphatic carbocycles. The van der Waals surface area contributed by atoms with Gasteiger partial charge in [-0.1, -0.05) is 31.2 Å².